The van der Waals surface area contributed by atoms with E-state index in [9.17, 15) is 4.79 Å². The summed E-state index contributed by atoms with van der Waals surface area (Å²) in [6.07, 6.45) is 1.50. The molecule has 0 fully saturated rings. The van der Waals surface area contributed by atoms with Crippen molar-refractivity contribution in [2.24, 2.45) is 5.10 Å². The first-order chi connectivity index (χ1) is 18.3. The van der Waals surface area contributed by atoms with Crippen molar-refractivity contribution in [3.63, 3.8) is 0 Å². The molecule has 38 heavy (non-hydrogen) atoms. The molecule has 0 N–H and O–H groups in total. The lowest BCUT2D eigenvalue weighted by Gasteiger charge is -2.17. The quantitative estimate of drug-likeness (QED) is 0.203. The second kappa shape index (κ2) is 10.5. The van der Waals surface area contributed by atoms with Crippen LogP contribution in [0.25, 0.3) is 33.6 Å². The van der Waals surface area contributed by atoms with Crippen molar-refractivity contribution in [1.29, 1.82) is 0 Å². The first-order valence-electron chi connectivity index (χ1n) is 12.1. The van der Waals surface area contributed by atoms with Crippen LogP contribution in [0.2, 0.25) is 10.0 Å². The van der Waals surface area contributed by atoms with E-state index in [0.717, 1.165) is 28.0 Å². The SMILES string of the molecule is COc1cc(C)c(-c2nc3ccccc3c(=O)n2N=Cc2ccc(-c3ccc(Cl)c(Cl)c3)o2)cc1C(C)C. The van der Waals surface area contributed by atoms with E-state index in [-0.39, 0.29) is 11.5 Å². The van der Waals surface area contributed by atoms with E-state index in [2.05, 4.69) is 18.9 Å². The van der Waals surface area contributed by atoms with Gasteiger partial charge in [0.15, 0.2) is 5.82 Å². The number of furan rings is 1. The Labute approximate surface area is 230 Å². The number of hydrogen-bond acceptors (Lipinski definition) is 5. The minimum absolute atomic E-state index is 0.205. The molecule has 0 amide bonds. The molecule has 0 spiro atoms. The Morgan fingerprint density at radius 3 is 2.55 bits per heavy atom. The molecule has 0 aliphatic rings. The number of hydrogen-bond donors (Lipinski definition) is 0. The number of benzene rings is 3. The highest BCUT2D eigenvalue weighted by Crippen LogP contribution is 2.34. The second-order valence-corrected chi connectivity index (χ2v) is 10.0. The normalized spacial score (nSPS) is 11.7. The van der Waals surface area contributed by atoms with E-state index in [0.29, 0.717) is 38.3 Å². The summed E-state index contributed by atoms with van der Waals surface area (Å²) in [5, 5.41) is 5.92. The average molecular weight is 546 g/mol. The molecule has 192 valence electrons. The van der Waals surface area contributed by atoms with Crippen LogP contribution in [0, 0.1) is 6.92 Å². The number of para-hydroxylation sites is 1. The van der Waals surface area contributed by atoms with Gasteiger partial charge < -0.3 is 9.15 Å². The van der Waals surface area contributed by atoms with Crippen molar-refractivity contribution in [2.75, 3.05) is 7.11 Å². The van der Waals surface area contributed by atoms with Gasteiger partial charge in [0.1, 0.15) is 17.3 Å². The summed E-state index contributed by atoms with van der Waals surface area (Å²) >= 11 is 12.2. The summed E-state index contributed by atoms with van der Waals surface area (Å²) < 4.78 is 12.9. The average Bonchev–Trinajstić information content (AvgIpc) is 3.38. The minimum atomic E-state index is -0.278. The molecule has 0 aliphatic heterocycles. The van der Waals surface area contributed by atoms with Crippen molar-refractivity contribution in [2.45, 2.75) is 26.7 Å². The summed E-state index contributed by atoms with van der Waals surface area (Å²) in [7, 11) is 1.66. The Balaban J connectivity index is 1.64. The monoisotopic (exact) mass is 545 g/mol. The summed E-state index contributed by atoms with van der Waals surface area (Å²) in [6, 6.07) is 20.1. The predicted molar refractivity (Wildman–Crippen MR) is 154 cm³/mol. The first-order valence-corrected chi connectivity index (χ1v) is 12.8. The molecule has 0 unspecified atom stereocenters. The zero-order valence-electron chi connectivity index (χ0n) is 21.3. The number of fused-ring (bicyclic) bond motifs is 1. The smallest absolute Gasteiger partial charge is 0.282 e. The number of methoxy groups -OCH3 is 1. The molecule has 5 aromatic rings. The van der Waals surface area contributed by atoms with Crippen LogP contribution in [0.5, 0.6) is 5.75 Å². The number of ether oxygens (including phenoxy) is 1. The summed E-state index contributed by atoms with van der Waals surface area (Å²) in [5.74, 6) is 2.50. The van der Waals surface area contributed by atoms with Crippen LogP contribution in [0.4, 0.5) is 0 Å². The van der Waals surface area contributed by atoms with Gasteiger partial charge >= 0.3 is 0 Å². The van der Waals surface area contributed by atoms with Crippen LogP contribution in [0.3, 0.4) is 0 Å². The van der Waals surface area contributed by atoms with E-state index in [1.54, 1.807) is 31.4 Å². The molecule has 2 aromatic heterocycles. The van der Waals surface area contributed by atoms with Crippen molar-refractivity contribution in [3.8, 4) is 28.5 Å². The third kappa shape index (κ3) is 4.85. The lowest BCUT2D eigenvalue weighted by atomic mass is 9.96. The zero-order chi connectivity index (χ0) is 27.0. The third-order valence-corrected chi connectivity index (χ3v) is 7.06. The third-order valence-electron chi connectivity index (χ3n) is 6.32. The maximum Gasteiger partial charge on any atom is 0.282 e. The number of aryl methyl sites for hydroxylation is 1. The lowest BCUT2D eigenvalue weighted by Crippen LogP contribution is -2.20. The first kappa shape index (κ1) is 25.8. The highest BCUT2D eigenvalue weighted by atomic mass is 35.5. The molecule has 8 heteroatoms. The van der Waals surface area contributed by atoms with Crippen LogP contribution in [0.15, 0.2) is 81.0 Å². The highest BCUT2D eigenvalue weighted by Gasteiger charge is 2.18. The lowest BCUT2D eigenvalue weighted by molar-refractivity contribution is 0.407. The van der Waals surface area contributed by atoms with Gasteiger partial charge in [0, 0.05) is 11.1 Å². The molecule has 6 nitrogen and oxygen atoms in total. The van der Waals surface area contributed by atoms with Crippen LogP contribution in [-0.4, -0.2) is 23.0 Å². The van der Waals surface area contributed by atoms with Crippen LogP contribution >= 0.6 is 23.2 Å². The molecular formula is C30H25Cl2N3O3. The van der Waals surface area contributed by atoms with Crippen LogP contribution < -0.4 is 10.3 Å². The van der Waals surface area contributed by atoms with Gasteiger partial charge in [-0.1, -0.05) is 49.2 Å². The van der Waals surface area contributed by atoms with Gasteiger partial charge in [0.2, 0.25) is 0 Å². The maximum absolute atomic E-state index is 13.6. The Bertz CT molecular complexity index is 1750. The molecule has 0 saturated heterocycles. The van der Waals surface area contributed by atoms with Crippen molar-refractivity contribution in [1.82, 2.24) is 9.66 Å². The Morgan fingerprint density at radius 1 is 1.03 bits per heavy atom. The van der Waals surface area contributed by atoms with E-state index < -0.39 is 0 Å². The second-order valence-electron chi connectivity index (χ2n) is 9.21. The van der Waals surface area contributed by atoms with Gasteiger partial charge in [-0.3, -0.25) is 4.79 Å². The van der Waals surface area contributed by atoms with Gasteiger partial charge in [-0.15, -0.1) is 0 Å². The molecule has 3 aromatic carbocycles. The summed E-state index contributed by atoms with van der Waals surface area (Å²) in [5.41, 5.74) is 3.82. The molecule has 0 atom stereocenters. The molecule has 5 rings (SSSR count). The number of aromatic nitrogens is 2. The number of rotatable bonds is 6. The molecular weight excluding hydrogens is 521 g/mol. The van der Waals surface area contributed by atoms with E-state index in [1.165, 1.54) is 10.9 Å². The molecule has 2 heterocycles. The Morgan fingerprint density at radius 2 is 1.82 bits per heavy atom. The number of nitrogens with zero attached hydrogens (tertiary/aromatic N) is 3. The van der Waals surface area contributed by atoms with E-state index in [4.69, 9.17) is 37.3 Å². The van der Waals surface area contributed by atoms with E-state index >= 15 is 0 Å². The fraction of sp³-hybridized carbons (Fsp3) is 0.167. The van der Waals surface area contributed by atoms with E-state index in [1.807, 2.05) is 49.4 Å². The van der Waals surface area contributed by atoms with Crippen molar-refractivity contribution < 1.29 is 9.15 Å². The zero-order valence-corrected chi connectivity index (χ0v) is 22.8. The largest absolute Gasteiger partial charge is 0.496 e. The van der Waals surface area contributed by atoms with Gasteiger partial charge in [-0.05, 0) is 78.6 Å². The Hall–Kier alpha value is -3.87. The van der Waals surface area contributed by atoms with Crippen LogP contribution in [0.1, 0.15) is 36.7 Å². The predicted octanol–water partition coefficient (Wildman–Crippen LogP) is 7.95. The number of halogens is 2. The summed E-state index contributed by atoms with van der Waals surface area (Å²) in [6.45, 7) is 6.16. The van der Waals surface area contributed by atoms with Gasteiger partial charge in [-0.2, -0.15) is 9.78 Å². The van der Waals surface area contributed by atoms with Crippen LogP contribution in [-0.2, 0) is 0 Å². The molecule has 0 bridgehead atoms. The highest BCUT2D eigenvalue weighted by molar-refractivity contribution is 6.42. The molecule has 0 saturated carbocycles. The molecule has 0 aliphatic carbocycles. The van der Waals surface area contributed by atoms with Gasteiger partial charge in [-0.25, -0.2) is 4.98 Å². The topological polar surface area (TPSA) is 69.6 Å². The Kier molecular flexibility index (Phi) is 7.11. The van der Waals surface area contributed by atoms with Gasteiger partial charge in [0.25, 0.3) is 5.56 Å². The van der Waals surface area contributed by atoms with Gasteiger partial charge in [0.05, 0.1) is 34.3 Å². The fourth-order valence-corrected chi connectivity index (χ4v) is 4.61. The summed E-state index contributed by atoms with van der Waals surface area (Å²) in [4.78, 5) is 18.5. The fourth-order valence-electron chi connectivity index (χ4n) is 4.31. The standard InChI is InChI=1S/C30H25Cl2N3O3/c1-17(2)22-15-23(18(3)13-28(22)37-4)29-34-26-8-6-5-7-21(26)30(36)35(29)33-16-20-10-12-27(38-20)19-9-11-24(31)25(32)14-19/h5-17H,1-4H3. The van der Waals surface area contributed by atoms with Crippen molar-refractivity contribution >= 4 is 40.3 Å². The maximum atomic E-state index is 13.6. The van der Waals surface area contributed by atoms with Crippen molar-refractivity contribution in [3.05, 3.63) is 104 Å². The molecule has 0 radical (unpaired) electrons. The minimum Gasteiger partial charge on any atom is -0.496 e.